The first-order valence-corrected chi connectivity index (χ1v) is 10.3. The van der Waals surface area contributed by atoms with Crippen molar-refractivity contribution in [2.24, 2.45) is 0 Å². The Balaban J connectivity index is 2.59. The highest BCUT2D eigenvalue weighted by atomic mass is 16.4. The average molecular weight is 478 g/mol. The SMILES string of the molecule is CC1=CC(=C(c2cc(C)c(O)c(C(=O)O)c2)c2c(C)cc(O)c(C(=O)O)c2C)C=C(C(=O)O)C1=O. The van der Waals surface area contributed by atoms with Crippen molar-refractivity contribution < 1.29 is 44.7 Å². The van der Waals surface area contributed by atoms with E-state index in [0.717, 1.165) is 6.08 Å². The number of carboxylic acid groups (broad SMARTS) is 3. The van der Waals surface area contributed by atoms with Gasteiger partial charge in [-0.25, -0.2) is 14.4 Å². The first-order valence-electron chi connectivity index (χ1n) is 10.3. The molecule has 0 unspecified atom stereocenters. The smallest absolute Gasteiger partial charge is 0.339 e. The van der Waals surface area contributed by atoms with Gasteiger partial charge in [0.2, 0.25) is 0 Å². The minimum atomic E-state index is -1.46. The number of aliphatic carboxylic acids is 1. The molecule has 0 saturated heterocycles. The number of allylic oxidation sites excluding steroid dienone is 4. The van der Waals surface area contributed by atoms with Gasteiger partial charge in [-0.15, -0.1) is 0 Å². The average Bonchev–Trinajstić information content (AvgIpc) is 2.74. The number of benzene rings is 2. The maximum atomic E-state index is 12.4. The van der Waals surface area contributed by atoms with Crippen molar-refractivity contribution in [3.63, 3.8) is 0 Å². The maximum absolute atomic E-state index is 12.4. The van der Waals surface area contributed by atoms with Crippen LogP contribution in [0.1, 0.15) is 55.5 Å². The van der Waals surface area contributed by atoms with Crippen LogP contribution in [0.15, 0.2) is 47.1 Å². The molecule has 0 heterocycles. The Labute approximate surface area is 199 Å². The molecule has 0 spiro atoms. The topological polar surface area (TPSA) is 169 Å². The molecule has 9 nitrogen and oxygen atoms in total. The maximum Gasteiger partial charge on any atom is 0.339 e. The quantitative estimate of drug-likeness (QED) is 0.402. The van der Waals surface area contributed by atoms with Gasteiger partial charge in [0, 0.05) is 0 Å². The van der Waals surface area contributed by atoms with Crippen molar-refractivity contribution in [3.05, 3.63) is 86.0 Å². The summed E-state index contributed by atoms with van der Waals surface area (Å²) in [4.78, 5) is 47.8. The molecule has 0 fully saturated rings. The molecule has 0 amide bonds. The number of Topliss-reactive ketones (excluding diaryl/α,β-unsaturated/α-hetero) is 1. The van der Waals surface area contributed by atoms with E-state index in [4.69, 9.17) is 0 Å². The van der Waals surface area contributed by atoms with Crippen molar-refractivity contribution in [3.8, 4) is 11.5 Å². The third-order valence-electron chi connectivity index (χ3n) is 5.83. The molecule has 0 atom stereocenters. The van der Waals surface area contributed by atoms with Gasteiger partial charge >= 0.3 is 17.9 Å². The fourth-order valence-electron chi connectivity index (χ4n) is 4.24. The van der Waals surface area contributed by atoms with E-state index >= 15 is 0 Å². The Hall–Kier alpha value is -4.66. The van der Waals surface area contributed by atoms with Crippen LogP contribution in [-0.2, 0) is 9.59 Å². The minimum Gasteiger partial charge on any atom is -0.507 e. The Morgan fingerprint density at radius 1 is 0.743 bits per heavy atom. The standard InChI is InChI=1S/C26H22O9/c1-10-7-18(27)20(26(34)35)13(4)19(10)21(14-5-11(2)22(28)16(8-14)24(30)31)15-6-12(3)23(29)17(9-15)25(32)33/h5-9,27-28H,1-4H3,(H,30,31)(H,32,33)(H,34,35). The van der Waals surface area contributed by atoms with Crippen LogP contribution in [0.4, 0.5) is 0 Å². The van der Waals surface area contributed by atoms with Gasteiger partial charge in [-0.05, 0) is 103 Å². The lowest BCUT2D eigenvalue weighted by Gasteiger charge is -2.22. The van der Waals surface area contributed by atoms with Gasteiger partial charge in [-0.1, -0.05) is 0 Å². The summed E-state index contributed by atoms with van der Waals surface area (Å²) in [5.41, 5.74) is 0.563. The molecule has 2 aromatic rings. The number of rotatable bonds is 5. The summed E-state index contributed by atoms with van der Waals surface area (Å²) < 4.78 is 0. The van der Waals surface area contributed by atoms with Crippen LogP contribution in [0.2, 0.25) is 0 Å². The zero-order chi connectivity index (χ0) is 26.4. The molecule has 0 aromatic heterocycles. The number of ketones is 1. The lowest BCUT2D eigenvalue weighted by Crippen LogP contribution is -2.17. The molecule has 1 aliphatic rings. The summed E-state index contributed by atoms with van der Waals surface area (Å²) >= 11 is 0. The molecule has 2 aromatic carbocycles. The zero-order valence-electron chi connectivity index (χ0n) is 19.3. The largest absolute Gasteiger partial charge is 0.507 e. The van der Waals surface area contributed by atoms with E-state index in [1.54, 1.807) is 6.92 Å². The van der Waals surface area contributed by atoms with Crippen molar-refractivity contribution >= 4 is 29.3 Å². The van der Waals surface area contributed by atoms with E-state index in [9.17, 15) is 44.7 Å². The molecular weight excluding hydrogens is 456 g/mol. The van der Waals surface area contributed by atoms with Crippen molar-refractivity contribution in [2.45, 2.75) is 27.7 Å². The lowest BCUT2D eigenvalue weighted by molar-refractivity contribution is -0.134. The summed E-state index contributed by atoms with van der Waals surface area (Å²) in [6.07, 6.45) is 2.57. The van der Waals surface area contributed by atoms with Crippen molar-refractivity contribution in [1.82, 2.24) is 0 Å². The summed E-state index contributed by atoms with van der Waals surface area (Å²) in [6, 6.07) is 3.90. The molecule has 35 heavy (non-hydrogen) atoms. The predicted molar refractivity (Wildman–Crippen MR) is 125 cm³/mol. The lowest BCUT2D eigenvalue weighted by atomic mass is 9.81. The number of hydrogen-bond donors (Lipinski definition) is 5. The third kappa shape index (κ3) is 4.31. The Bertz CT molecular complexity index is 1440. The highest BCUT2D eigenvalue weighted by Crippen LogP contribution is 2.40. The zero-order valence-corrected chi connectivity index (χ0v) is 19.3. The number of aromatic hydroxyl groups is 2. The van der Waals surface area contributed by atoms with Crippen LogP contribution in [0.25, 0.3) is 5.57 Å². The van der Waals surface area contributed by atoms with E-state index in [1.165, 1.54) is 45.0 Å². The second kappa shape index (κ2) is 8.94. The van der Waals surface area contributed by atoms with Crippen molar-refractivity contribution in [1.29, 1.82) is 0 Å². The number of aromatic carboxylic acids is 2. The summed E-state index contributed by atoms with van der Waals surface area (Å²) in [6.45, 7) is 5.98. The second-order valence-corrected chi connectivity index (χ2v) is 8.24. The molecule has 9 heteroatoms. The first-order chi connectivity index (χ1) is 16.3. The molecule has 0 saturated carbocycles. The van der Waals surface area contributed by atoms with Gasteiger partial charge in [0.05, 0.1) is 0 Å². The van der Waals surface area contributed by atoms with Gasteiger partial charge < -0.3 is 25.5 Å². The first kappa shape index (κ1) is 25.0. The van der Waals surface area contributed by atoms with Gasteiger partial charge in [-0.2, -0.15) is 0 Å². The fraction of sp³-hybridized carbons (Fsp3) is 0.154. The van der Waals surface area contributed by atoms with E-state index in [2.05, 4.69) is 0 Å². The summed E-state index contributed by atoms with van der Waals surface area (Å²) in [5, 5.41) is 49.4. The van der Waals surface area contributed by atoms with E-state index in [-0.39, 0.29) is 39.0 Å². The third-order valence-corrected chi connectivity index (χ3v) is 5.83. The van der Waals surface area contributed by atoms with Gasteiger partial charge in [0.1, 0.15) is 28.2 Å². The highest BCUT2D eigenvalue weighted by molar-refractivity contribution is 6.25. The van der Waals surface area contributed by atoms with Crippen LogP contribution < -0.4 is 0 Å². The Morgan fingerprint density at radius 2 is 1.37 bits per heavy atom. The second-order valence-electron chi connectivity index (χ2n) is 8.24. The number of hydrogen-bond acceptors (Lipinski definition) is 6. The number of phenols is 2. The van der Waals surface area contributed by atoms with Gasteiger partial charge in [-0.3, -0.25) is 4.79 Å². The molecule has 5 N–H and O–H groups in total. The Kier molecular flexibility index (Phi) is 6.38. The molecular formula is C26H22O9. The number of carbonyl (C=O) groups excluding carboxylic acids is 1. The van der Waals surface area contributed by atoms with Crippen LogP contribution in [0.5, 0.6) is 11.5 Å². The molecule has 0 bridgehead atoms. The molecule has 0 radical (unpaired) electrons. The minimum absolute atomic E-state index is 0.110. The van der Waals surface area contributed by atoms with Gasteiger partial charge in [0.15, 0.2) is 5.78 Å². The molecule has 0 aliphatic heterocycles. The predicted octanol–water partition coefficient (Wildman–Crippen LogP) is 3.76. The number of carbonyl (C=O) groups is 4. The van der Waals surface area contributed by atoms with Crippen LogP contribution >= 0.6 is 0 Å². The Morgan fingerprint density at radius 3 is 1.91 bits per heavy atom. The van der Waals surface area contributed by atoms with Gasteiger partial charge in [0.25, 0.3) is 0 Å². The van der Waals surface area contributed by atoms with E-state index in [0.29, 0.717) is 11.1 Å². The normalized spacial score (nSPS) is 14.8. The summed E-state index contributed by atoms with van der Waals surface area (Å²) in [7, 11) is 0. The number of aryl methyl sites for hydroxylation is 2. The van der Waals surface area contributed by atoms with E-state index in [1.807, 2.05) is 0 Å². The summed E-state index contributed by atoms with van der Waals surface area (Å²) in [5.74, 6) is -5.89. The monoisotopic (exact) mass is 478 g/mol. The van der Waals surface area contributed by atoms with Crippen LogP contribution in [0.3, 0.4) is 0 Å². The highest BCUT2D eigenvalue weighted by Gasteiger charge is 2.28. The van der Waals surface area contributed by atoms with Crippen molar-refractivity contribution in [2.75, 3.05) is 0 Å². The fourth-order valence-corrected chi connectivity index (χ4v) is 4.24. The van der Waals surface area contributed by atoms with E-state index < -0.39 is 46.3 Å². The van der Waals surface area contributed by atoms with Crippen LogP contribution in [-0.4, -0.2) is 49.2 Å². The van der Waals surface area contributed by atoms with Crippen LogP contribution in [0, 0.1) is 20.8 Å². The molecule has 1 aliphatic carbocycles. The molecule has 3 rings (SSSR count). The number of carboxylic acids is 3. The molecule has 180 valence electrons.